The molecule has 4 nitrogen and oxygen atoms in total. The third-order valence-corrected chi connectivity index (χ3v) is 5.04. The Hall–Kier alpha value is -2.01. The van der Waals surface area contributed by atoms with E-state index in [0.29, 0.717) is 13.2 Å². The molecule has 3 rings (SSSR count). The van der Waals surface area contributed by atoms with Gasteiger partial charge in [0.05, 0.1) is 25.9 Å². The first-order valence-corrected chi connectivity index (χ1v) is 9.58. The van der Waals surface area contributed by atoms with E-state index in [1.807, 2.05) is 60.7 Å². The number of carbonyl (C=O) groups excluding carboxylic acids is 1. The minimum absolute atomic E-state index is 0.106. The molecule has 0 unspecified atom stereocenters. The molecule has 0 heterocycles. The standard InChI is InChI=1S/C23H28O4/c1-23(22(25)14-21(24)20-12-13-20,27-16-19-10-6-3-7-11-19)17-26-15-18-8-4-2-5-9-18/h2-11,20-21,24H,12-17H2,1H3/t21-,23-/m0/s1. The molecule has 0 spiro atoms. The predicted octanol–water partition coefficient (Wildman–Crippen LogP) is 3.91. The van der Waals surface area contributed by atoms with Crippen LogP contribution in [-0.4, -0.2) is 29.2 Å². The molecule has 1 N–H and O–H groups in total. The summed E-state index contributed by atoms with van der Waals surface area (Å²) in [5.74, 6) is 0.156. The molecule has 0 bridgehead atoms. The van der Waals surface area contributed by atoms with Gasteiger partial charge in [0.2, 0.25) is 0 Å². The summed E-state index contributed by atoms with van der Waals surface area (Å²) < 4.78 is 11.9. The van der Waals surface area contributed by atoms with E-state index in [9.17, 15) is 9.90 Å². The zero-order valence-electron chi connectivity index (χ0n) is 15.8. The smallest absolute Gasteiger partial charge is 0.169 e. The quantitative estimate of drug-likeness (QED) is 0.653. The van der Waals surface area contributed by atoms with Crippen molar-refractivity contribution in [3.8, 4) is 0 Å². The van der Waals surface area contributed by atoms with Crippen LogP contribution in [0.4, 0.5) is 0 Å². The Morgan fingerprint density at radius 3 is 2.15 bits per heavy atom. The highest BCUT2D eigenvalue weighted by Crippen LogP contribution is 2.35. The van der Waals surface area contributed by atoms with Crippen molar-refractivity contribution in [3.63, 3.8) is 0 Å². The van der Waals surface area contributed by atoms with Gasteiger partial charge in [-0.1, -0.05) is 60.7 Å². The summed E-state index contributed by atoms with van der Waals surface area (Å²) in [6, 6.07) is 19.6. The maximum absolute atomic E-state index is 12.9. The zero-order chi connectivity index (χ0) is 19.1. The van der Waals surface area contributed by atoms with E-state index in [0.717, 1.165) is 24.0 Å². The zero-order valence-corrected chi connectivity index (χ0v) is 15.8. The topological polar surface area (TPSA) is 55.8 Å². The van der Waals surface area contributed by atoms with Gasteiger partial charge in [-0.25, -0.2) is 0 Å². The van der Waals surface area contributed by atoms with Crippen molar-refractivity contribution in [2.45, 2.75) is 51.1 Å². The lowest BCUT2D eigenvalue weighted by atomic mass is 9.95. The Morgan fingerprint density at radius 1 is 1.04 bits per heavy atom. The second kappa shape index (κ2) is 9.27. The molecule has 4 heteroatoms. The number of Topliss-reactive ketones (excluding diaryl/α,β-unsaturated/α-hetero) is 1. The second-order valence-corrected chi connectivity index (χ2v) is 7.52. The number of carbonyl (C=O) groups is 1. The highest BCUT2D eigenvalue weighted by molar-refractivity contribution is 5.87. The van der Waals surface area contributed by atoms with Gasteiger partial charge < -0.3 is 14.6 Å². The Labute approximate surface area is 161 Å². The Kier molecular flexibility index (Phi) is 6.78. The molecule has 2 atom stereocenters. The first kappa shape index (κ1) is 19.7. The summed E-state index contributed by atoms with van der Waals surface area (Å²) in [5, 5.41) is 10.2. The van der Waals surface area contributed by atoms with Crippen LogP contribution in [0.2, 0.25) is 0 Å². The third kappa shape index (κ3) is 5.99. The molecule has 0 aromatic heterocycles. The highest BCUT2D eigenvalue weighted by atomic mass is 16.5. The number of hydrogen-bond acceptors (Lipinski definition) is 4. The van der Waals surface area contributed by atoms with Crippen LogP contribution in [0.5, 0.6) is 0 Å². The average molecular weight is 368 g/mol. The van der Waals surface area contributed by atoms with Gasteiger partial charge in [-0.3, -0.25) is 4.79 Å². The van der Waals surface area contributed by atoms with Crippen LogP contribution in [-0.2, 0) is 27.5 Å². The van der Waals surface area contributed by atoms with Gasteiger partial charge in [-0.05, 0) is 36.8 Å². The molecule has 144 valence electrons. The maximum Gasteiger partial charge on any atom is 0.169 e. The molecule has 0 radical (unpaired) electrons. The van der Waals surface area contributed by atoms with Gasteiger partial charge in [0.1, 0.15) is 5.60 Å². The van der Waals surface area contributed by atoms with Crippen LogP contribution in [0, 0.1) is 5.92 Å². The monoisotopic (exact) mass is 368 g/mol. The van der Waals surface area contributed by atoms with E-state index in [4.69, 9.17) is 9.47 Å². The second-order valence-electron chi connectivity index (χ2n) is 7.52. The Bertz CT molecular complexity index is 712. The van der Waals surface area contributed by atoms with Gasteiger partial charge in [0, 0.05) is 6.42 Å². The van der Waals surface area contributed by atoms with E-state index in [1.165, 1.54) is 0 Å². The molecule has 1 aliphatic rings. The first-order valence-electron chi connectivity index (χ1n) is 9.58. The Morgan fingerprint density at radius 2 is 1.59 bits per heavy atom. The summed E-state index contributed by atoms with van der Waals surface area (Å²) in [6.45, 7) is 2.68. The predicted molar refractivity (Wildman–Crippen MR) is 104 cm³/mol. The lowest BCUT2D eigenvalue weighted by Crippen LogP contribution is -2.44. The summed E-state index contributed by atoms with van der Waals surface area (Å²) in [5.41, 5.74) is 0.969. The van der Waals surface area contributed by atoms with E-state index in [2.05, 4.69) is 0 Å². The van der Waals surface area contributed by atoms with E-state index in [1.54, 1.807) is 6.92 Å². The molecule has 2 aromatic carbocycles. The van der Waals surface area contributed by atoms with Crippen molar-refractivity contribution >= 4 is 5.78 Å². The summed E-state index contributed by atoms with van der Waals surface area (Å²) in [7, 11) is 0. The fraction of sp³-hybridized carbons (Fsp3) is 0.435. The maximum atomic E-state index is 12.9. The summed E-state index contributed by atoms with van der Waals surface area (Å²) >= 11 is 0. The molecule has 0 amide bonds. The molecule has 1 aliphatic carbocycles. The molecule has 27 heavy (non-hydrogen) atoms. The van der Waals surface area contributed by atoms with Gasteiger partial charge in [-0.2, -0.15) is 0 Å². The van der Waals surface area contributed by atoms with E-state index >= 15 is 0 Å². The van der Waals surface area contributed by atoms with Crippen molar-refractivity contribution in [3.05, 3.63) is 71.8 Å². The number of aliphatic hydroxyl groups is 1. The van der Waals surface area contributed by atoms with E-state index < -0.39 is 11.7 Å². The van der Waals surface area contributed by atoms with Crippen molar-refractivity contribution < 1.29 is 19.4 Å². The van der Waals surface area contributed by atoms with Crippen LogP contribution in [0.25, 0.3) is 0 Å². The highest BCUT2D eigenvalue weighted by Gasteiger charge is 2.39. The molecule has 0 aliphatic heterocycles. The molecule has 2 aromatic rings. The van der Waals surface area contributed by atoms with E-state index in [-0.39, 0.29) is 24.7 Å². The minimum atomic E-state index is -1.08. The van der Waals surface area contributed by atoms with Gasteiger partial charge in [0.15, 0.2) is 5.78 Å². The van der Waals surface area contributed by atoms with Gasteiger partial charge >= 0.3 is 0 Å². The fourth-order valence-corrected chi connectivity index (χ4v) is 3.01. The molecule has 0 saturated heterocycles. The van der Waals surface area contributed by atoms with Crippen LogP contribution in [0.3, 0.4) is 0 Å². The molecule has 1 fully saturated rings. The van der Waals surface area contributed by atoms with Crippen molar-refractivity contribution in [2.24, 2.45) is 5.92 Å². The van der Waals surface area contributed by atoms with Crippen LogP contribution in [0.15, 0.2) is 60.7 Å². The third-order valence-electron chi connectivity index (χ3n) is 5.04. The largest absolute Gasteiger partial charge is 0.392 e. The SMILES string of the molecule is C[C@@](COCc1ccccc1)(OCc1ccccc1)C(=O)C[C@H](O)C1CC1. The lowest BCUT2D eigenvalue weighted by molar-refractivity contribution is -0.156. The fourth-order valence-electron chi connectivity index (χ4n) is 3.01. The molecule has 1 saturated carbocycles. The van der Waals surface area contributed by atoms with Crippen LogP contribution in [0.1, 0.15) is 37.3 Å². The number of hydrogen-bond donors (Lipinski definition) is 1. The number of aliphatic hydroxyl groups excluding tert-OH is 1. The number of benzene rings is 2. The number of rotatable bonds is 11. The normalized spacial score (nSPS) is 17.3. The number of ketones is 1. The minimum Gasteiger partial charge on any atom is -0.392 e. The molecular weight excluding hydrogens is 340 g/mol. The van der Waals surface area contributed by atoms with Crippen LogP contribution >= 0.6 is 0 Å². The van der Waals surface area contributed by atoms with Crippen molar-refractivity contribution in [1.82, 2.24) is 0 Å². The van der Waals surface area contributed by atoms with Crippen molar-refractivity contribution in [1.29, 1.82) is 0 Å². The lowest BCUT2D eigenvalue weighted by Gasteiger charge is -2.29. The van der Waals surface area contributed by atoms with Gasteiger partial charge in [-0.15, -0.1) is 0 Å². The molecular formula is C23H28O4. The summed E-state index contributed by atoms with van der Waals surface area (Å²) in [4.78, 5) is 12.9. The first-order chi connectivity index (χ1) is 13.1. The van der Waals surface area contributed by atoms with Gasteiger partial charge in [0.25, 0.3) is 0 Å². The Balaban J connectivity index is 1.61. The average Bonchev–Trinajstić information content (AvgIpc) is 3.53. The summed E-state index contributed by atoms with van der Waals surface area (Å²) in [6.07, 6.45) is 1.54. The number of ether oxygens (including phenoxy) is 2. The van der Waals surface area contributed by atoms with Crippen molar-refractivity contribution in [2.75, 3.05) is 6.61 Å². The van der Waals surface area contributed by atoms with Crippen LogP contribution < -0.4 is 0 Å².